The van der Waals surface area contributed by atoms with Crippen LogP contribution in [0.25, 0.3) is 22.0 Å². The minimum Gasteiger partial charge on any atom is -0.497 e. The molecule has 5 rings (SSSR count). The van der Waals surface area contributed by atoms with E-state index in [1.807, 2.05) is 36.4 Å². The molecule has 0 aliphatic heterocycles. The summed E-state index contributed by atoms with van der Waals surface area (Å²) in [7, 11) is 1.55. The van der Waals surface area contributed by atoms with Crippen LogP contribution in [0, 0.1) is 0 Å². The van der Waals surface area contributed by atoms with Gasteiger partial charge in [-0.3, -0.25) is 4.79 Å². The van der Waals surface area contributed by atoms with E-state index in [1.54, 1.807) is 55.6 Å². The van der Waals surface area contributed by atoms with E-state index in [2.05, 4.69) is 47.4 Å². The molecule has 1 amide bonds. The summed E-state index contributed by atoms with van der Waals surface area (Å²) in [6, 6.07) is 24.7. The topological polar surface area (TPSA) is 92.8 Å². The quantitative estimate of drug-likeness (QED) is 0.0788. The Morgan fingerprint density at radius 1 is 0.950 bits per heavy atom. The fraction of sp³-hybridized carbons (Fsp3) is 0.0333. The third-order valence-electron chi connectivity index (χ3n) is 6.00. The largest absolute Gasteiger partial charge is 0.497 e. The molecule has 1 aromatic heterocycles. The van der Waals surface area contributed by atoms with E-state index in [0.29, 0.717) is 38.7 Å². The van der Waals surface area contributed by atoms with Gasteiger partial charge >= 0.3 is 5.97 Å². The molecule has 200 valence electrons. The highest BCUT2D eigenvalue weighted by Crippen LogP contribution is 2.37. The molecule has 10 heteroatoms. The number of carbonyl (C=O) groups excluding carboxylic acids is 2. The summed E-state index contributed by atoms with van der Waals surface area (Å²) in [6.07, 6.45) is 1.41. The van der Waals surface area contributed by atoms with E-state index in [0.717, 1.165) is 19.8 Å². The zero-order valence-electron chi connectivity index (χ0n) is 20.9. The number of rotatable bonds is 7. The summed E-state index contributed by atoms with van der Waals surface area (Å²) in [5, 5.41) is 5.49. The summed E-state index contributed by atoms with van der Waals surface area (Å²) < 4.78 is 12.4. The summed E-state index contributed by atoms with van der Waals surface area (Å²) in [4.78, 5) is 29.3. The minimum absolute atomic E-state index is 0.272. The Labute approximate surface area is 251 Å². The number of ether oxygens (including phenoxy) is 2. The maximum absolute atomic E-state index is 13.3. The first kappa shape index (κ1) is 27.6. The molecule has 0 radical (unpaired) electrons. The van der Waals surface area contributed by atoms with Crippen molar-refractivity contribution in [3.05, 3.63) is 116 Å². The van der Waals surface area contributed by atoms with Gasteiger partial charge in [-0.1, -0.05) is 61.7 Å². The van der Waals surface area contributed by atoms with E-state index in [9.17, 15) is 9.59 Å². The van der Waals surface area contributed by atoms with Crippen LogP contribution in [-0.4, -0.2) is 30.2 Å². The number of carbonyl (C=O) groups is 2. The Morgan fingerprint density at radius 2 is 1.68 bits per heavy atom. The number of aromatic amines is 1. The molecule has 4 aromatic carbocycles. The number of nitrogens with one attached hydrogen (secondary N) is 2. The predicted octanol–water partition coefficient (Wildman–Crippen LogP) is 8.01. The normalized spacial score (nSPS) is 11.1. The molecule has 0 fully saturated rings. The van der Waals surface area contributed by atoms with E-state index < -0.39 is 11.9 Å². The fourth-order valence-corrected chi connectivity index (χ4v) is 5.06. The van der Waals surface area contributed by atoms with E-state index in [-0.39, 0.29) is 5.75 Å². The number of benzene rings is 4. The Balaban J connectivity index is 1.41. The Kier molecular flexibility index (Phi) is 8.35. The van der Waals surface area contributed by atoms with Gasteiger partial charge in [-0.2, -0.15) is 5.10 Å². The van der Waals surface area contributed by atoms with E-state index >= 15 is 0 Å². The molecule has 0 aliphatic carbocycles. The molecule has 0 saturated heterocycles. The van der Waals surface area contributed by atoms with Crippen LogP contribution in [0.1, 0.15) is 26.4 Å². The minimum atomic E-state index is -0.544. The fourth-order valence-electron chi connectivity index (χ4n) is 4.09. The third kappa shape index (κ3) is 5.96. The molecule has 0 atom stereocenters. The van der Waals surface area contributed by atoms with Gasteiger partial charge in [0.25, 0.3) is 5.91 Å². The van der Waals surface area contributed by atoms with Crippen LogP contribution >= 0.6 is 43.5 Å². The number of fused-ring (bicyclic) bond motifs is 1. The Bertz CT molecular complexity index is 1770. The van der Waals surface area contributed by atoms with Crippen molar-refractivity contribution in [2.24, 2.45) is 5.10 Å². The van der Waals surface area contributed by atoms with Crippen molar-refractivity contribution in [1.29, 1.82) is 0 Å². The zero-order valence-corrected chi connectivity index (χ0v) is 24.8. The molecule has 0 bridgehead atoms. The smallest absolute Gasteiger partial charge is 0.343 e. The molecule has 0 aliphatic rings. The first-order chi connectivity index (χ1) is 19.3. The number of aromatic nitrogens is 1. The molecule has 5 aromatic rings. The monoisotopic (exact) mass is 679 g/mol. The number of halogens is 3. The molecular formula is C30H20Br2ClN3O4. The Hall–Kier alpha value is -3.92. The summed E-state index contributed by atoms with van der Waals surface area (Å²) >= 11 is 13.4. The van der Waals surface area contributed by atoms with Gasteiger partial charge in [-0.05, 0) is 66.7 Å². The number of H-pyrrole nitrogens is 1. The predicted molar refractivity (Wildman–Crippen MR) is 164 cm³/mol. The summed E-state index contributed by atoms with van der Waals surface area (Å²) in [6.45, 7) is 0. The third-order valence-corrected chi connectivity index (χ3v) is 7.32. The van der Waals surface area contributed by atoms with Crippen molar-refractivity contribution in [2.45, 2.75) is 0 Å². The van der Waals surface area contributed by atoms with Gasteiger partial charge in [0.15, 0.2) is 0 Å². The SMILES string of the molecule is COc1ccc(C(=O)Oc2ccc(Br)cc2C=NNC(=O)c2[nH]c3ccc(Br)cc3c2-c2ccccc2Cl)cc1. The average Bonchev–Trinajstić information content (AvgIpc) is 3.33. The van der Waals surface area contributed by atoms with E-state index in [1.165, 1.54) is 6.21 Å². The van der Waals surface area contributed by atoms with Crippen molar-refractivity contribution in [1.82, 2.24) is 10.4 Å². The lowest BCUT2D eigenvalue weighted by atomic mass is 10.0. The Morgan fingerprint density at radius 3 is 2.42 bits per heavy atom. The maximum atomic E-state index is 13.3. The lowest BCUT2D eigenvalue weighted by Gasteiger charge is -2.09. The second kappa shape index (κ2) is 12.1. The van der Waals surface area contributed by atoms with Crippen LogP contribution in [-0.2, 0) is 0 Å². The zero-order chi connectivity index (χ0) is 28.2. The first-order valence-electron chi connectivity index (χ1n) is 11.9. The van der Waals surface area contributed by atoms with Gasteiger partial charge in [0.2, 0.25) is 0 Å². The van der Waals surface area contributed by atoms with Crippen molar-refractivity contribution in [2.75, 3.05) is 7.11 Å². The highest BCUT2D eigenvalue weighted by molar-refractivity contribution is 9.10. The van der Waals surface area contributed by atoms with Crippen molar-refractivity contribution in [3.63, 3.8) is 0 Å². The van der Waals surface area contributed by atoms with Gasteiger partial charge in [0.05, 0.1) is 18.9 Å². The number of methoxy groups -OCH3 is 1. The second-order valence-corrected chi connectivity index (χ2v) is 10.8. The van der Waals surface area contributed by atoms with E-state index in [4.69, 9.17) is 21.1 Å². The number of hydrazone groups is 1. The summed E-state index contributed by atoms with van der Waals surface area (Å²) in [5.41, 5.74) is 5.85. The molecule has 0 spiro atoms. The van der Waals surface area contributed by atoms with Crippen LogP contribution in [0.2, 0.25) is 5.02 Å². The van der Waals surface area contributed by atoms with Crippen molar-refractivity contribution < 1.29 is 19.1 Å². The average molecular weight is 682 g/mol. The number of nitrogens with zero attached hydrogens (tertiary/aromatic N) is 1. The van der Waals surface area contributed by atoms with Gasteiger partial charge < -0.3 is 14.5 Å². The highest BCUT2D eigenvalue weighted by atomic mass is 79.9. The van der Waals surface area contributed by atoms with Crippen LogP contribution in [0.15, 0.2) is 99.0 Å². The molecular weight excluding hydrogens is 662 g/mol. The molecule has 2 N–H and O–H groups in total. The highest BCUT2D eigenvalue weighted by Gasteiger charge is 2.21. The number of amides is 1. The number of hydrogen-bond donors (Lipinski definition) is 2. The van der Waals surface area contributed by atoms with Crippen molar-refractivity contribution >= 4 is 72.5 Å². The van der Waals surface area contributed by atoms with Crippen LogP contribution < -0.4 is 14.9 Å². The van der Waals surface area contributed by atoms with Crippen LogP contribution in [0.3, 0.4) is 0 Å². The molecule has 0 unspecified atom stereocenters. The van der Waals surface area contributed by atoms with Crippen LogP contribution in [0.4, 0.5) is 0 Å². The standard InChI is InChI=1S/C30H20Br2ClN3O4/c1-39-21-10-6-17(7-11-21)30(38)40-26-13-9-19(31)14-18(26)16-34-36-29(37)28-27(22-4-2-3-5-24(22)33)23-15-20(32)8-12-25(23)35-28/h2-16,35H,1H3,(H,36,37). The lowest BCUT2D eigenvalue weighted by Crippen LogP contribution is -2.19. The summed E-state index contributed by atoms with van der Waals surface area (Å²) in [5.74, 6) is -0.110. The molecule has 1 heterocycles. The number of esters is 1. The lowest BCUT2D eigenvalue weighted by molar-refractivity contribution is 0.0734. The van der Waals surface area contributed by atoms with Gasteiger partial charge in [0, 0.05) is 41.6 Å². The molecule has 0 saturated carbocycles. The first-order valence-corrected chi connectivity index (χ1v) is 13.9. The second-order valence-electron chi connectivity index (χ2n) is 8.54. The van der Waals surface area contributed by atoms with Gasteiger partial charge in [-0.15, -0.1) is 0 Å². The molecule has 40 heavy (non-hydrogen) atoms. The number of hydrogen-bond acceptors (Lipinski definition) is 5. The maximum Gasteiger partial charge on any atom is 0.343 e. The van der Waals surface area contributed by atoms with Gasteiger partial charge in [0.1, 0.15) is 17.2 Å². The van der Waals surface area contributed by atoms with Gasteiger partial charge in [-0.25, -0.2) is 10.2 Å². The van der Waals surface area contributed by atoms with Crippen LogP contribution in [0.5, 0.6) is 11.5 Å². The molecule has 7 nitrogen and oxygen atoms in total. The van der Waals surface area contributed by atoms with Crippen molar-refractivity contribution in [3.8, 4) is 22.6 Å².